The zero-order chi connectivity index (χ0) is 19.7. The Morgan fingerprint density at radius 2 is 2.11 bits per heavy atom. The Balaban J connectivity index is 1.43. The van der Waals surface area contributed by atoms with Gasteiger partial charge >= 0.3 is 6.03 Å². The molecule has 3 aromatic rings. The van der Waals surface area contributed by atoms with Crippen LogP contribution in [0, 0.1) is 13.8 Å². The van der Waals surface area contributed by atoms with E-state index in [-0.39, 0.29) is 11.9 Å². The van der Waals surface area contributed by atoms with Crippen molar-refractivity contribution in [3.63, 3.8) is 0 Å². The molecule has 1 aliphatic rings. The van der Waals surface area contributed by atoms with Crippen molar-refractivity contribution in [2.45, 2.75) is 39.2 Å². The number of aromatic nitrogens is 3. The number of nitrogens with zero attached hydrogens (tertiary/aromatic N) is 4. The van der Waals surface area contributed by atoms with E-state index in [0.29, 0.717) is 13.1 Å². The largest absolute Gasteiger partial charge is 0.334 e. The van der Waals surface area contributed by atoms with Crippen molar-refractivity contribution in [3.05, 3.63) is 59.2 Å². The van der Waals surface area contributed by atoms with E-state index in [2.05, 4.69) is 34.0 Å². The Labute approximate surface area is 165 Å². The summed E-state index contributed by atoms with van der Waals surface area (Å²) in [4.78, 5) is 23.9. The van der Waals surface area contributed by atoms with Gasteiger partial charge in [-0.3, -0.25) is 4.98 Å². The first-order chi connectivity index (χ1) is 13.5. The number of carbonyl (C=O) groups excluding carboxylic acids is 1. The standard InChI is InChI=1S/C22H27N5O/c1-15-11-17(12-23-16(15)2)13-24-22(28)27-10-6-7-18(14-27)21-25-19-8-4-5-9-20(19)26(21)3/h4-5,8-9,11-12,18H,6-7,10,13-14H2,1-3H3,(H,24,28)/t18-/m0/s1. The molecule has 1 aromatic carbocycles. The lowest BCUT2D eigenvalue weighted by molar-refractivity contribution is 0.177. The molecular weight excluding hydrogens is 350 g/mol. The molecule has 0 radical (unpaired) electrons. The Kier molecular flexibility index (Phi) is 5.03. The van der Waals surface area contributed by atoms with Crippen LogP contribution in [-0.4, -0.2) is 38.6 Å². The van der Waals surface area contributed by atoms with Crippen LogP contribution < -0.4 is 5.32 Å². The number of nitrogens with one attached hydrogen (secondary N) is 1. The van der Waals surface area contributed by atoms with Gasteiger partial charge in [0.2, 0.25) is 0 Å². The molecular formula is C22H27N5O. The molecule has 1 saturated heterocycles. The molecule has 1 aliphatic heterocycles. The Morgan fingerprint density at radius 3 is 2.89 bits per heavy atom. The van der Waals surface area contributed by atoms with Crippen LogP contribution in [0.15, 0.2) is 36.5 Å². The topological polar surface area (TPSA) is 63.1 Å². The number of hydrogen-bond donors (Lipinski definition) is 1. The Morgan fingerprint density at radius 1 is 1.29 bits per heavy atom. The first kappa shape index (κ1) is 18.5. The predicted octanol–water partition coefficient (Wildman–Crippen LogP) is 3.67. The second-order valence-corrected chi connectivity index (χ2v) is 7.71. The average Bonchev–Trinajstić information content (AvgIpc) is 3.06. The minimum Gasteiger partial charge on any atom is -0.334 e. The summed E-state index contributed by atoms with van der Waals surface area (Å²) in [5.74, 6) is 1.33. The molecule has 3 heterocycles. The number of rotatable bonds is 3. The fourth-order valence-electron chi connectivity index (χ4n) is 3.99. The molecule has 6 nitrogen and oxygen atoms in total. The summed E-state index contributed by atoms with van der Waals surface area (Å²) < 4.78 is 2.17. The number of para-hydroxylation sites is 2. The molecule has 1 N–H and O–H groups in total. The lowest BCUT2D eigenvalue weighted by atomic mass is 9.97. The van der Waals surface area contributed by atoms with E-state index in [4.69, 9.17) is 4.98 Å². The molecule has 1 atom stereocenters. The van der Waals surface area contributed by atoms with Gasteiger partial charge in [-0.25, -0.2) is 9.78 Å². The van der Waals surface area contributed by atoms with E-state index in [0.717, 1.165) is 53.1 Å². The van der Waals surface area contributed by atoms with Crippen molar-refractivity contribution >= 4 is 17.1 Å². The highest BCUT2D eigenvalue weighted by molar-refractivity contribution is 5.76. The molecule has 0 aliphatic carbocycles. The van der Waals surface area contributed by atoms with Crippen molar-refractivity contribution in [1.82, 2.24) is 24.8 Å². The van der Waals surface area contributed by atoms with Gasteiger partial charge in [-0.2, -0.15) is 0 Å². The van der Waals surface area contributed by atoms with Crippen molar-refractivity contribution in [3.8, 4) is 0 Å². The molecule has 1 fully saturated rings. The zero-order valence-electron chi connectivity index (χ0n) is 16.8. The third-order valence-electron chi connectivity index (χ3n) is 5.74. The quantitative estimate of drug-likeness (QED) is 0.757. The average molecular weight is 377 g/mol. The van der Waals surface area contributed by atoms with Gasteiger partial charge in [-0.1, -0.05) is 18.2 Å². The lowest BCUT2D eigenvalue weighted by Crippen LogP contribution is -2.45. The molecule has 0 bridgehead atoms. The number of fused-ring (bicyclic) bond motifs is 1. The van der Waals surface area contributed by atoms with Crippen molar-refractivity contribution in [2.75, 3.05) is 13.1 Å². The van der Waals surface area contributed by atoms with E-state index in [1.807, 2.05) is 43.1 Å². The van der Waals surface area contributed by atoms with Crippen LogP contribution in [0.5, 0.6) is 0 Å². The predicted molar refractivity (Wildman–Crippen MR) is 110 cm³/mol. The summed E-state index contributed by atoms with van der Waals surface area (Å²) >= 11 is 0. The number of piperidine rings is 1. The number of aryl methyl sites for hydroxylation is 3. The van der Waals surface area contributed by atoms with Gasteiger partial charge in [0.05, 0.1) is 11.0 Å². The molecule has 0 spiro atoms. The number of likely N-dealkylation sites (tertiary alicyclic amines) is 1. The molecule has 6 heteroatoms. The van der Waals surface area contributed by atoms with Gasteiger partial charge in [-0.05, 0) is 49.9 Å². The van der Waals surface area contributed by atoms with E-state index in [1.165, 1.54) is 0 Å². The van der Waals surface area contributed by atoms with Crippen LogP contribution in [0.1, 0.15) is 41.4 Å². The highest BCUT2D eigenvalue weighted by atomic mass is 16.2. The summed E-state index contributed by atoms with van der Waals surface area (Å²) in [7, 11) is 2.07. The first-order valence-electron chi connectivity index (χ1n) is 9.89. The lowest BCUT2D eigenvalue weighted by Gasteiger charge is -2.32. The monoisotopic (exact) mass is 377 g/mol. The van der Waals surface area contributed by atoms with Gasteiger partial charge < -0.3 is 14.8 Å². The minimum absolute atomic E-state index is 0.0123. The number of urea groups is 1. The fourth-order valence-corrected chi connectivity index (χ4v) is 3.99. The summed E-state index contributed by atoms with van der Waals surface area (Å²) in [5.41, 5.74) is 5.36. The minimum atomic E-state index is -0.0123. The maximum absolute atomic E-state index is 12.7. The molecule has 2 amide bonds. The van der Waals surface area contributed by atoms with Crippen molar-refractivity contribution < 1.29 is 4.79 Å². The maximum Gasteiger partial charge on any atom is 0.317 e. The summed E-state index contributed by atoms with van der Waals surface area (Å²) in [6, 6.07) is 10.3. The van der Waals surface area contributed by atoms with Gasteiger partial charge in [0.1, 0.15) is 5.82 Å². The van der Waals surface area contributed by atoms with Gasteiger partial charge in [0.25, 0.3) is 0 Å². The SMILES string of the molecule is Cc1cc(CNC(=O)N2CCC[C@H](c3nc4ccccc4n3C)C2)cnc1C. The van der Waals surface area contributed by atoms with Gasteiger partial charge in [-0.15, -0.1) is 0 Å². The smallest absolute Gasteiger partial charge is 0.317 e. The van der Waals surface area contributed by atoms with Crippen LogP contribution in [0.2, 0.25) is 0 Å². The highest BCUT2D eigenvalue weighted by Crippen LogP contribution is 2.28. The molecule has 0 saturated carbocycles. The first-order valence-corrected chi connectivity index (χ1v) is 9.89. The summed E-state index contributed by atoms with van der Waals surface area (Å²) in [6.45, 7) is 6.03. The fraction of sp³-hybridized carbons (Fsp3) is 0.409. The molecule has 4 rings (SSSR count). The molecule has 146 valence electrons. The number of carbonyl (C=O) groups is 1. The number of hydrogen-bond acceptors (Lipinski definition) is 3. The number of pyridine rings is 1. The van der Waals surface area contributed by atoms with Gasteiger partial charge in [0.15, 0.2) is 0 Å². The number of benzene rings is 1. The third-order valence-corrected chi connectivity index (χ3v) is 5.74. The van der Waals surface area contributed by atoms with E-state index in [1.54, 1.807) is 0 Å². The highest BCUT2D eigenvalue weighted by Gasteiger charge is 2.27. The van der Waals surface area contributed by atoms with E-state index in [9.17, 15) is 4.79 Å². The van der Waals surface area contributed by atoms with Crippen LogP contribution in [0.4, 0.5) is 4.79 Å². The second-order valence-electron chi connectivity index (χ2n) is 7.71. The second kappa shape index (κ2) is 7.62. The normalized spacial score (nSPS) is 17.1. The van der Waals surface area contributed by atoms with Crippen molar-refractivity contribution in [1.29, 1.82) is 0 Å². The zero-order valence-corrected chi connectivity index (χ0v) is 16.8. The summed E-state index contributed by atoms with van der Waals surface area (Å²) in [6.07, 6.45) is 3.88. The van der Waals surface area contributed by atoms with E-state index >= 15 is 0 Å². The molecule has 0 unspecified atom stereocenters. The maximum atomic E-state index is 12.7. The van der Waals surface area contributed by atoms with Crippen molar-refractivity contribution in [2.24, 2.45) is 7.05 Å². The molecule has 2 aromatic heterocycles. The number of amides is 2. The van der Waals surface area contributed by atoms with Gasteiger partial charge in [0, 0.05) is 44.5 Å². The van der Waals surface area contributed by atoms with Crippen LogP contribution >= 0.6 is 0 Å². The van der Waals surface area contributed by atoms with E-state index < -0.39 is 0 Å². The van der Waals surface area contributed by atoms with Crippen LogP contribution in [-0.2, 0) is 13.6 Å². The van der Waals surface area contributed by atoms with Crippen LogP contribution in [0.3, 0.4) is 0 Å². The number of imidazole rings is 1. The summed E-state index contributed by atoms with van der Waals surface area (Å²) in [5, 5.41) is 3.05. The Hall–Kier alpha value is -2.89. The van der Waals surface area contributed by atoms with Crippen LogP contribution in [0.25, 0.3) is 11.0 Å². The Bertz CT molecular complexity index is 1010. The molecule has 28 heavy (non-hydrogen) atoms. The third kappa shape index (κ3) is 3.59.